The van der Waals surface area contributed by atoms with Crippen LogP contribution in [0.15, 0.2) is 53.7 Å². The summed E-state index contributed by atoms with van der Waals surface area (Å²) < 4.78 is 46.2. The molecule has 30 heavy (non-hydrogen) atoms. The Balaban J connectivity index is 1.60. The number of rotatable bonds is 6. The van der Waals surface area contributed by atoms with Crippen LogP contribution in [0.1, 0.15) is 43.3 Å². The molecule has 1 aromatic heterocycles. The summed E-state index contributed by atoms with van der Waals surface area (Å²) in [6.45, 7) is 6.71. The van der Waals surface area contributed by atoms with E-state index in [9.17, 15) is 13.2 Å². The number of hydrogen-bond acceptors (Lipinski definition) is 4. The van der Waals surface area contributed by atoms with Crippen molar-refractivity contribution in [2.45, 2.75) is 49.9 Å². The fourth-order valence-corrected chi connectivity index (χ4v) is 3.65. The molecule has 0 saturated heterocycles. The molecular weight excluding hydrogens is 411 g/mol. The minimum Gasteiger partial charge on any atom is -0.486 e. The lowest BCUT2D eigenvalue weighted by molar-refractivity contribution is -0.137. The van der Waals surface area contributed by atoms with Gasteiger partial charge in [-0.2, -0.15) is 13.2 Å². The second kappa shape index (κ2) is 8.71. The van der Waals surface area contributed by atoms with Gasteiger partial charge in [0.1, 0.15) is 12.4 Å². The zero-order valence-corrected chi connectivity index (χ0v) is 18.1. The Bertz CT molecular complexity index is 992. The van der Waals surface area contributed by atoms with E-state index in [2.05, 4.69) is 31.0 Å². The number of halogens is 3. The molecule has 3 aromatic rings. The largest absolute Gasteiger partial charge is 0.486 e. The average molecular weight is 436 g/mol. The summed E-state index contributed by atoms with van der Waals surface area (Å²) in [6.07, 6.45) is -4.35. The van der Waals surface area contributed by atoms with Crippen molar-refractivity contribution in [1.29, 1.82) is 0 Å². The van der Waals surface area contributed by atoms with Crippen LogP contribution in [0.25, 0.3) is 0 Å². The molecule has 0 atom stereocenters. The second-order valence-electron chi connectivity index (χ2n) is 8.01. The maximum atomic E-state index is 12.9. The monoisotopic (exact) mass is 435 g/mol. The molecule has 0 radical (unpaired) electrons. The van der Waals surface area contributed by atoms with Gasteiger partial charge in [-0.3, -0.25) is 0 Å². The first-order valence-corrected chi connectivity index (χ1v) is 10.4. The maximum absolute atomic E-state index is 12.9. The van der Waals surface area contributed by atoms with E-state index in [0.29, 0.717) is 22.3 Å². The zero-order chi connectivity index (χ0) is 21.9. The number of alkyl halides is 3. The highest BCUT2D eigenvalue weighted by Crippen LogP contribution is 2.31. The Morgan fingerprint density at radius 3 is 2.30 bits per heavy atom. The minimum atomic E-state index is -4.35. The predicted octanol–water partition coefficient (Wildman–Crippen LogP) is 6.00. The molecule has 2 aromatic carbocycles. The van der Waals surface area contributed by atoms with Gasteiger partial charge in [0.15, 0.2) is 11.0 Å². The van der Waals surface area contributed by atoms with E-state index >= 15 is 0 Å². The molecule has 0 N–H and O–H groups in total. The van der Waals surface area contributed by atoms with E-state index in [4.69, 9.17) is 4.74 Å². The van der Waals surface area contributed by atoms with E-state index in [1.165, 1.54) is 23.4 Å². The summed E-state index contributed by atoms with van der Waals surface area (Å²) >= 11 is 1.33. The molecule has 160 valence electrons. The fourth-order valence-electron chi connectivity index (χ4n) is 2.78. The van der Waals surface area contributed by atoms with Crippen LogP contribution in [-0.4, -0.2) is 14.8 Å². The van der Waals surface area contributed by atoms with E-state index in [-0.39, 0.29) is 12.0 Å². The lowest BCUT2D eigenvalue weighted by Gasteiger charge is -2.19. The molecule has 0 bridgehead atoms. The van der Waals surface area contributed by atoms with Crippen LogP contribution < -0.4 is 4.74 Å². The van der Waals surface area contributed by atoms with Crippen LogP contribution >= 0.6 is 11.8 Å². The van der Waals surface area contributed by atoms with Gasteiger partial charge in [-0.15, -0.1) is 10.2 Å². The quantitative estimate of drug-likeness (QED) is 0.445. The third-order valence-electron chi connectivity index (χ3n) is 4.64. The molecule has 0 aliphatic rings. The maximum Gasteiger partial charge on any atom is 0.416 e. The van der Waals surface area contributed by atoms with E-state index in [1.54, 1.807) is 10.6 Å². The van der Waals surface area contributed by atoms with Crippen LogP contribution in [0.5, 0.6) is 5.75 Å². The van der Waals surface area contributed by atoms with Crippen molar-refractivity contribution in [3.63, 3.8) is 0 Å². The van der Waals surface area contributed by atoms with Crippen molar-refractivity contribution < 1.29 is 17.9 Å². The van der Waals surface area contributed by atoms with Crippen molar-refractivity contribution in [2.75, 3.05) is 0 Å². The van der Waals surface area contributed by atoms with E-state index in [1.807, 2.05) is 31.3 Å². The van der Waals surface area contributed by atoms with Gasteiger partial charge in [0.05, 0.1) is 5.56 Å². The molecule has 0 aliphatic carbocycles. The van der Waals surface area contributed by atoms with Crippen molar-refractivity contribution in [3.8, 4) is 5.75 Å². The smallest absolute Gasteiger partial charge is 0.416 e. The van der Waals surface area contributed by atoms with Gasteiger partial charge < -0.3 is 9.30 Å². The zero-order valence-electron chi connectivity index (χ0n) is 17.3. The summed E-state index contributed by atoms with van der Waals surface area (Å²) in [5, 5.41) is 8.90. The number of nitrogens with zero attached hydrogens (tertiary/aromatic N) is 3. The van der Waals surface area contributed by atoms with E-state index in [0.717, 1.165) is 17.9 Å². The van der Waals surface area contributed by atoms with Gasteiger partial charge in [0.25, 0.3) is 0 Å². The Kier molecular flexibility index (Phi) is 6.45. The molecule has 3 rings (SSSR count). The Labute approximate surface area is 178 Å². The van der Waals surface area contributed by atoms with Crippen molar-refractivity contribution in [1.82, 2.24) is 14.8 Å². The molecule has 0 saturated carbocycles. The van der Waals surface area contributed by atoms with Crippen molar-refractivity contribution in [3.05, 3.63) is 71.0 Å². The predicted molar refractivity (Wildman–Crippen MR) is 111 cm³/mol. The highest BCUT2D eigenvalue weighted by molar-refractivity contribution is 7.98. The number of hydrogen-bond donors (Lipinski definition) is 0. The highest BCUT2D eigenvalue weighted by Gasteiger charge is 2.30. The normalized spacial score (nSPS) is 12.2. The Hall–Kier alpha value is -2.48. The minimum absolute atomic E-state index is 0.0772. The molecule has 0 aliphatic heterocycles. The first kappa shape index (κ1) is 22.2. The summed E-state index contributed by atoms with van der Waals surface area (Å²) in [5.74, 6) is 1.75. The summed E-state index contributed by atoms with van der Waals surface area (Å²) in [4.78, 5) is 0. The first-order valence-electron chi connectivity index (χ1n) is 9.44. The molecule has 0 unspecified atom stereocenters. The lowest BCUT2D eigenvalue weighted by Crippen LogP contribution is -2.10. The lowest BCUT2D eigenvalue weighted by atomic mass is 9.87. The Morgan fingerprint density at radius 1 is 0.967 bits per heavy atom. The summed E-state index contributed by atoms with van der Waals surface area (Å²) in [7, 11) is 1.82. The van der Waals surface area contributed by atoms with Gasteiger partial charge in [-0.05, 0) is 34.7 Å². The SMILES string of the molecule is Cn1c(COc2ccc(C(C)(C)C)cc2)nnc1SCc1cccc(C(F)(F)F)c1. The van der Waals surface area contributed by atoms with Crippen LogP contribution in [0, 0.1) is 0 Å². The number of thioether (sulfide) groups is 1. The van der Waals surface area contributed by atoms with E-state index < -0.39 is 11.7 Å². The number of ether oxygens (including phenoxy) is 1. The van der Waals surface area contributed by atoms with Crippen LogP contribution in [0.3, 0.4) is 0 Å². The van der Waals surface area contributed by atoms with Crippen molar-refractivity contribution >= 4 is 11.8 Å². The van der Waals surface area contributed by atoms with Crippen LogP contribution in [0.4, 0.5) is 13.2 Å². The van der Waals surface area contributed by atoms with Crippen LogP contribution in [0.2, 0.25) is 0 Å². The third kappa shape index (κ3) is 5.56. The standard InChI is InChI=1S/C22H24F3N3OS/c1-21(2,3)16-8-10-18(11-9-16)29-13-19-26-27-20(28(19)4)30-14-15-6-5-7-17(12-15)22(23,24)25/h5-12H,13-14H2,1-4H3. The Morgan fingerprint density at radius 2 is 1.67 bits per heavy atom. The molecule has 8 heteroatoms. The molecule has 1 heterocycles. The molecule has 4 nitrogen and oxygen atoms in total. The van der Waals surface area contributed by atoms with Gasteiger partial charge in [0, 0.05) is 12.8 Å². The van der Waals surface area contributed by atoms with Crippen molar-refractivity contribution in [2.24, 2.45) is 7.05 Å². The molecule has 0 fully saturated rings. The van der Waals surface area contributed by atoms with Gasteiger partial charge in [0.2, 0.25) is 0 Å². The highest BCUT2D eigenvalue weighted by atomic mass is 32.2. The number of aromatic nitrogens is 3. The first-order chi connectivity index (χ1) is 14.0. The summed E-state index contributed by atoms with van der Waals surface area (Å²) in [6, 6.07) is 13.3. The second-order valence-corrected chi connectivity index (χ2v) is 8.95. The topological polar surface area (TPSA) is 39.9 Å². The summed E-state index contributed by atoms with van der Waals surface area (Å²) in [5.41, 5.74) is 1.23. The van der Waals surface area contributed by atoms with Gasteiger partial charge in [-0.25, -0.2) is 0 Å². The average Bonchev–Trinajstić information content (AvgIpc) is 3.03. The molecule has 0 spiro atoms. The third-order valence-corrected chi connectivity index (χ3v) is 5.73. The fraction of sp³-hybridized carbons (Fsp3) is 0.364. The molecular formula is C22H24F3N3OS. The van der Waals surface area contributed by atoms with Gasteiger partial charge >= 0.3 is 6.18 Å². The number of benzene rings is 2. The van der Waals surface area contributed by atoms with Gasteiger partial charge in [-0.1, -0.05) is 62.9 Å². The molecule has 0 amide bonds. The van der Waals surface area contributed by atoms with Crippen LogP contribution in [-0.2, 0) is 31.0 Å².